The number of methoxy groups -OCH3 is 2. The van der Waals surface area contributed by atoms with E-state index in [4.69, 9.17) is 9.47 Å². The molecule has 1 N–H and O–H groups in total. The highest BCUT2D eigenvalue weighted by atomic mass is 16.5. The summed E-state index contributed by atoms with van der Waals surface area (Å²) in [5.74, 6) is 2.68. The Labute approximate surface area is 223 Å². The van der Waals surface area contributed by atoms with Crippen LogP contribution in [0.2, 0.25) is 0 Å². The number of anilines is 1. The monoisotopic (exact) mass is 517 g/mol. The molecule has 4 aliphatic heterocycles. The largest absolute Gasteiger partial charge is 0.497 e. The molecular weight excluding hydrogens is 480 g/mol. The van der Waals surface area contributed by atoms with Crippen LogP contribution in [-0.2, 0) is 11.3 Å². The lowest BCUT2D eigenvalue weighted by molar-refractivity contribution is -0.945. The third-order valence-electron chi connectivity index (χ3n) is 8.72. The maximum absolute atomic E-state index is 13.6. The van der Waals surface area contributed by atoms with E-state index < -0.39 is 0 Å². The van der Waals surface area contributed by atoms with Gasteiger partial charge in [0.1, 0.15) is 23.2 Å². The van der Waals surface area contributed by atoms with Crippen LogP contribution in [-0.4, -0.2) is 85.3 Å². The van der Waals surface area contributed by atoms with Crippen molar-refractivity contribution in [3.8, 4) is 22.8 Å². The second-order valence-electron chi connectivity index (χ2n) is 10.7. The molecule has 200 valence electrons. The summed E-state index contributed by atoms with van der Waals surface area (Å²) in [5, 5.41) is 8.82. The highest BCUT2D eigenvalue weighted by Gasteiger charge is 2.48. The smallest absolute Gasteiger partial charge is 0.231 e. The third-order valence-corrected chi connectivity index (χ3v) is 8.72. The standard InChI is InChI=1S/C29H36N6O3/c1-37-24-9-7-21(8-10-24)26-20-35(31-30-26)18-23-17-22-11-12-34(23)19-25(22)29(36)33-15-13-32(14-16-33)27-5-3-4-6-28(27)38-2/h3-10,20,22-23,25H,11-19H2,1-2H3/p+1/t22-,23-,25+/m1/s1. The number of benzene rings is 2. The molecule has 0 spiro atoms. The molecule has 1 amide bonds. The average molecular weight is 518 g/mol. The Morgan fingerprint density at radius 3 is 2.53 bits per heavy atom. The second kappa shape index (κ2) is 10.6. The first-order valence-corrected chi connectivity index (χ1v) is 13.7. The minimum absolute atomic E-state index is 0.137. The number of hydrogen-bond donors (Lipinski definition) is 1. The Morgan fingerprint density at radius 1 is 1.03 bits per heavy atom. The number of rotatable bonds is 7. The summed E-state index contributed by atoms with van der Waals surface area (Å²) < 4.78 is 12.8. The van der Waals surface area contributed by atoms with Crippen molar-refractivity contribution < 1.29 is 19.2 Å². The van der Waals surface area contributed by atoms with Gasteiger partial charge in [0.05, 0.1) is 51.7 Å². The quantitative estimate of drug-likeness (QED) is 0.513. The molecule has 0 aliphatic carbocycles. The fraction of sp³-hybridized carbons (Fsp3) is 0.483. The predicted octanol–water partition coefficient (Wildman–Crippen LogP) is 1.60. The lowest BCUT2D eigenvalue weighted by atomic mass is 9.75. The van der Waals surface area contributed by atoms with Crippen LogP contribution >= 0.6 is 0 Å². The van der Waals surface area contributed by atoms with Gasteiger partial charge in [-0.3, -0.25) is 4.79 Å². The van der Waals surface area contributed by atoms with Crippen molar-refractivity contribution in [2.45, 2.75) is 25.4 Å². The summed E-state index contributed by atoms with van der Waals surface area (Å²) in [5.41, 5.74) is 3.02. The number of piperidine rings is 3. The number of piperazine rings is 1. The van der Waals surface area contributed by atoms with Crippen LogP contribution in [0.3, 0.4) is 0 Å². The van der Waals surface area contributed by atoms with Crippen LogP contribution in [0.15, 0.2) is 54.7 Å². The lowest BCUT2D eigenvalue weighted by Crippen LogP contribution is -3.20. The zero-order valence-corrected chi connectivity index (χ0v) is 22.3. The first-order chi connectivity index (χ1) is 18.6. The fourth-order valence-electron chi connectivity index (χ4n) is 6.60. The molecule has 4 atom stereocenters. The first kappa shape index (κ1) is 24.7. The SMILES string of the molecule is COc1ccc(-c2cn(C[C@H]3C[C@H]4CC[NH+]3C[C@@H]4C(=O)N3CCN(c4ccccc4OC)CC3)nn2)cc1. The Balaban J connectivity index is 1.04. The molecule has 0 radical (unpaired) electrons. The summed E-state index contributed by atoms with van der Waals surface area (Å²) in [6, 6.07) is 16.5. The molecular formula is C29H37N6O3+. The molecule has 3 aromatic rings. The number of amides is 1. The van der Waals surface area contributed by atoms with Gasteiger partial charge in [-0.05, 0) is 42.3 Å². The summed E-state index contributed by atoms with van der Waals surface area (Å²) in [6.45, 7) is 6.13. The van der Waals surface area contributed by atoms with Crippen LogP contribution in [0.25, 0.3) is 11.3 Å². The fourth-order valence-corrected chi connectivity index (χ4v) is 6.60. The van der Waals surface area contributed by atoms with Gasteiger partial charge in [0.25, 0.3) is 0 Å². The topological polar surface area (TPSA) is 77.2 Å². The summed E-state index contributed by atoms with van der Waals surface area (Å²) in [6.07, 6.45) is 4.25. The highest BCUT2D eigenvalue weighted by Crippen LogP contribution is 2.31. The number of carbonyl (C=O) groups excluding carboxylic acids is 1. The summed E-state index contributed by atoms with van der Waals surface area (Å²) in [4.78, 5) is 19.6. The molecule has 9 nitrogen and oxygen atoms in total. The van der Waals surface area contributed by atoms with Crippen LogP contribution < -0.4 is 19.3 Å². The van der Waals surface area contributed by atoms with Gasteiger partial charge >= 0.3 is 0 Å². The van der Waals surface area contributed by atoms with Crippen molar-refractivity contribution >= 4 is 11.6 Å². The van der Waals surface area contributed by atoms with Gasteiger partial charge in [0.15, 0.2) is 0 Å². The Morgan fingerprint density at radius 2 is 1.82 bits per heavy atom. The number of fused-ring (bicyclic) bond motifs is 3. The summed E-state index contributed by atoms with van der Waals surface area (Å²) >= 11 is 0. The highest BCUT2D eigenvalue weighted by molar-refractivity contribution is 5.80. The molecule has 5 heterocycles. The predicted molar refractivity (Wildman–Crippen MR) is 144 cm³/mol. The van der Waals surface area contributed by atoms with Crippen LogP contribution in [0.5, 0.6) is 11.5 Å². The average Bonchev–Trinajstić information content (AvgIpc) is 3.45. The number of nitrogens with zero attached hydrogens (tertiary/aromatic N) is 5. The van der Waals surface area contributed by atoms with Gasteiger partial charge in [0.2, 0.25) is 5.91 Å². The van der Waals surface area contributed by atoms with E-state index >= 15 is 0 Å². The maximum Gasteiger partial charge on any atom is 0.231 e. The van der Waals surface area contributed by atoms with E-state index in [1.165, 1.54) is 0 Å². The van der Waals surface area contributed by atoms with E-state index in [-0.39, 0.29) is 5.92 Å². The lowest BCUT2D eigenvalue weighted by Gasteiger charge is -2.47. The van der Waals surface area contributed by atoms with Crippen molar-refractivity contribution in [3.05, 3.63) is 54.7 Å². The van der Waals surface area contributed by atoms with Crippen molar-refractivity contribution in [3.63, 3.8) is 0 Å². The van der Waals surface area contributed by atoms with Crippen LogP contribution in [0.4, 0.5) is 5.69 Å². The number of carbonyl (C=O) groups is 1. The molecule has 4 fully saturated rings. The number of para-hydroxylation sites is 2. The number of ether oxygens (including phenoxy) is 2. The molecule has 4 saturated heterocycles. The second-order valence-corrected chi connectivity index (χ2v) is 10.7. The van der Waals surface area contributed by atoms with E-state index in [2.05, 4.69) is 26.2 Å². The number of hydrogen-bond acceptors (Lipinski definition) is 6. The summed E-state index contributed by atoms with van der Waals surface area (Å²) in [7, 11) is 3.38. The number of quaternary nitrogens is 1. The Hall–Kier alpha value is -3.59. The van der Waals surface area contributed by atoms with E-state index in [1.807, 2.05) is 53.3 Å². The molecule has 2 aromatic carbocycles. The van der Waals surface area contributed by atoms with Crippen molar-refractivity contribution in [2.24, 2.45) is 11.8 Å². The van der Waals surface area contributed by atoms with E-state index in [0.717, 1.165) is 87.1 Å². The van der Waals surface area contributed by atoms with Gasteiger partial charge in [-0.1, -0.05) is 17.3 Å². The minimum Gasteiger partial charge on any atom is -0.497 e. The number of aromatic nitrogens is 3. The molecule has 9 heteroatoms. The molecule has 7 rings (SSSR count). The van der Waals surface area contributed by atoms with Crippen LogP contribution in [0.1, 0.15) is 12.8 Å². The maximum atomic E-state index is 13.6. The van der Waals surface area contributed by atoms with E-state index in [9.17, 15) is 4.79 Å². The van der Waals surface area contributed by atoms with Gasteiger partial charge in [-0.2, -0.15) is 0 Å². The molecule has 4 aliphatic rings. The molecule has 1 unspecified atom stereocenters. The Bertz CT molecular complexity index is 1250. The van der Waals surface area contributed by atoms with Crippen LogP contribution in [0, 0.1) is 11.8 Å². The minimum atomic E-state index is 0.137. The van der Waals surface area contributed by atoms with Gasteiger partial charge in [0, 0.05) is 44.6 Å². The zero-order valence-electron chi connectivity index (χ0n) is 22.3. The first-order valence-electron chi connectivity index (χ1n) is 13.7. The zero-order chi connectivity index (χ0) is 26.1. The van der Waals surface area contributed by atoms with E-state index in [1.54, 1.807) is 19.1 Å². The van der Waals surface area contributed by atoms with Crippen molar-refractivity contribution in [1.29, 1.82) is 0 Å². The molecule has 38 heavy (non-hydrogen) atoms. The normalized spacial score (nSPS) is 24.9. The van der Waals surface area contributed by atoms with E-state index in [0.29, 0.717) is 17.9 Å². The van der Waals surface area contributed by atoms with Gasteiger partial charge < -0.3 is 24.2 Å². The third kappa shape index (κ3) is 4.82. The van der Waals surface area contributed by atoms with Crippen molar-refractivity contribution in [1.82, 2.24) is 19.9 Å². The molecule has 1 aromatic heterocycles. The van der Waals surface area contributed by atoms with Gasteiger partial charge in [-0.25, -0.2) is 4.68 Å². The van der Waals surface area contributed by atoms with Crippen molar-refractivity contribution in [2.75, 3.05) is 58.4 Å². The number of nitrogens with one attached hydrogen (secondary N) is 1. The van der Waals surface area contributed by atoms with Gasteiger partial charge in [-0.15, -0.1) is 5.10 Å². The molecule has 0 saturated carbocycles. The Kier molecular flexibility index (Phi) is 6.93. The molecule has 2 bridgehead atoms.